The van der Waals surface area contributed by atoms with Crippen LogP contribution < -0.4 is 11.1 Å². The maximum atomic E-state index is 5.62. The average molecular weight is 282 g/mol. The zero-order valence-corrected chi connectivity index (χ0v) is 12.1. The van der Waals surface area contributed by atoms with Crippen molar-refractivity contribution in [2.45, 2.75) is 26.4 Å². The van der Waals surface area contributed by atoms with E-state index in [2.05, 4.69) is 39.6 Å². The third-order valence-electron chi connectivity index (χ3n) is 3.57. The van der Waals surface area contributed by atoms with Gasteiger partial charge >= 0.3 is 0 Å². The van der Waals surface area contributed by atoms with E-state index in [1.54, 1.807) is 6.20 Å². The number of nitrogens with two attached hydrogens (primary N) is 1. The van der Waals surface area contributed by atoms with Crippen molar-refractivity contribution < 1.29 is 0 Å². The summed E-state index contributed by atoms with van der Waals surface area (Å²) >= 11 is 0. The van der Waals surface area contributed by atoms with E-state index in [0.717, 1.165) is 22.9 Å². The quantitative estimate of drug-likeness (QED) is 0.765. The summed E-state index contributed by atoms with van der Waals surface area (Å²) in [6.07, 6.45) is 3.60. The molecule has 21 heavy (non-hydrogen) atoms. The molecule has 0 fully saturated rings. The summed E-state index contributed by atoms with van der Waals surface area (Å²) in [4.78, 5) is 4.36. The molecule has 108 valence electrons. The predicted molar refractivity (Wildman–Crippen MR) is 81.9 cm³/mol. The number of nitrogens with zero attached hydrogens (tertiary/aromatic N) is 4. The molecule has 1 unspecified atom stereocenters. The molecular weight excluding hydrogens is 264 g/mol. The first kappa shape index (κ1) is 13.5. The van der Waals surface area contributed by atoms with Crippen molar-refractivity contribution in [2.75, 3.05) is 5.32 Å². The van der Waals surface area contributed by atoms with E-state index in [9.17, 15) is 0 Å². The van der Waals surface area contributed by atoms with Gasteiger partial charge in [-0.05, 0) is 25.0 Å². The minimum Gasteiger partial charge on any atom is -0.360 e. The van der Waals surface area contributed by atoms with Gasteiger partial charge in [0, 0.05) is 18.9 Å². The SMILES string of the molecule is Cc1nnc2c(NC(C)c3ccc(CN)cc3)nccn12. The largest absolute Gasteiger partial charge is 0.360 e. The molecule has 3 rings (SSSR count). The first-order chi connectivity index (χ1) is 10.2. The average Bonchev–Trinajstić information content (AvgIpc) is 2.90. The first-order valence-electron chi connectivity index (χ1n) is 6.91. The molecule has 1 atom stereocenters. The summed E-state index contributed by atoms with van der Waals surface area (Å²) < 4.78 is 1.92. The van der Waals surface area contributed by atoms with Crippen LogP contribution in [-0.2, 0) is 6.54 Å². The maximum absolute atomic E-state index is 5.62. The summed E-state index contributed by atoms with van der Waals surface area (Å²) in [5, 5.41) is 11.6. The molecule has 6 nitrogen and oxygen atoms in total. The smallest absolute Gasteiger partial charge is 0.203 e. The van der Waals surface area contributed by atoms with Crippen LogP contribution >= 0.6 is 0 Å². The molecule has 2 heterocycles. The van der Waals surface area contributed by atoms with Gasteiger partial charge < -0.3 is 11.1 Å². The van der Waals surface area contributed by atoms with Crippen molar-refractivity contribution in [2.24, 2.45) is 5.73 Å². The van der Waals surface area contributed by atoms with E-state index in [-0.39, 0.29) is 6.04 Å². The summed E-state index contributed by atoms with van der Waals surface area (Å²) in [6, 6.07) is 8.36. The Balaban J connectivity index is 1.87. The van der Waals surface area contributed by atoms with Crippen molar-refractivity contribution in [1.29, 1.82) is 0 Å². The molecular formula is C15H18N6. The highest BCUT2D eigenvalue weighted by molar-refractivity contribution is 5.62. The Morgan fingerprint density at radius 1 is 1.24 bits per heavy atom. The van der Waals surface area contributed by atoms with Gasteiger partial charge in [0.2, 0.25) is 5.65 Å². The molecule has 1 aromatic carbocycles. The topological polar surface area (TPSA) is 81.1 Å². The Morgan fingerprint density at radius 3 is 2.71 bits per heavy atom. The Hall–Kier alpha value is -2.47. The number of hydrogen-bond donors (Lipinski definition) is 2. The first-order valence-corrected chi connectivity index (χ1v) is 6.91. The van der Waals surface area contributed by atoms with Crippen molar-refractivity contribution in [1.82, 2.24) is 19.6 Å². The number of hydrogen-bond acceptors (Lipinski definition) is 5. The van der Waals surface area contributed by atoms with Gasteiger partial charge in [0.05, 0.1) is 6.04 Å². The van der Waals surface area contributed by atoms with Gasteiger partial charge in [-0.1, -0.05) is 24.3 Å². The van der Waals surface area contributed by atoms with Crippen molar-refractivity contribution in [3.05, 3.63) is 53.6 Å². The van der Waals surface area contributed by atoms with Crippen LogP contribution in [-0.4, -0.2) is 19.6 Å². The summed E-state index contributed by atoms with van der Waals surface area (Å²) in [7, 11) is 0. The van der Waals surface area contributed by atoms with Crippen LogP contribution in [0.2, 0.25) is 0 Å². The van der Waals surface area contributed by atoms with Crippen LogP contribution in [0.1, 0.15) is 29.9 Å². The molecule has 0 aliphatic rings. The second-order valence-corrected chi connectivity index (χ2v) is 5.03. The third kappa shape index (κ3) is 2.57. The van der Waals surface area contributed by atoms with E-state index < -0.39 is 0 Å². The molecule has 0 radical (unpaired) electrons. The van der Waals surface area contributed by atoms with E-state index in [1.165, 1.54) is 5.56 Å². The lowest BCUT2D eigenvalue weighted by atomic mass is 10.1. The van der Waals surface area contributed by atoms with Crippen molar-refractivity contribution in [3.8, 4) is 0 Å². The van der Waals surface area contributed by atoms with Crippen LogP contribution in [0.4, 0.5) is 5.82 Å². The number of anilines is 1. The lowest BCUT2D eigenvalue weighted by molar-refractivity contribution is 0.869. The molecule has 3 aromatic rings. The Bertz CT molecular complexity index is 746. The Labute approximate surface area is 123 Å². The Morgan fingerprint density at radius 2 is 2.00 bits per heavy atom. The van der Waals surface area contributed by atoms with Crippen LogP contribution in [0.25, 0.3) is 5.65 Å². The molecule has 3 N–H and O–H groups in total. The summed E-state index contributed by atoms with van der Waals surface area (Å²) in [6.45, 7) is 4.56. The third-order valence-corrected chi connectivity index (χ3v) is 3.57. The van der Waals surface area contributed by atoms with E-state index >= 15 is 0 Å². The minimum absolute atomic E-state index is 0.118. The molecule has 0 amide bonds. The van der Waals surface area contributed by atoms with Gasteiger partial charge in [-0.15, -0.1) is 10.2 Å². The van der Waals surface area contributed by atoms with Crippen LogP contribution in [0.5, 0.6) is 0 Å². The minimum atomic E-state index is 0.118. The van der Waals surface area contributed by atoms with Gasteiger partial charge in [0.15, 0.2) is 5.82 Å². The Kier molecular flexibility index (Phi) is 3.53. The number of nitrogens with one attached hydrogen (secondary N) is 1. The van der Waals surface area contributed by atoms with E-state index in [4.69, 9.17) is 5.73 Å². The number of rotatable bonds is 4. The number of aryl methyl sites for hydroxylation is 1. The number of benzene rings is 1. The fraction of sp³-hybridized carbons (Fsp3) is 0.267. The monoisotopic (exact) mass is 282 g/mol. The molecule has 0 spiro atoms. The predicted octanol–water partition coefficient (Wildman–Crippen LogP) is 2.06. The zero-order chi connectivity index (χ0) is 14.8. The second kappa shape index (κ2) is 5.49. The highest BCUT2D eigenvalue weighted by atomic mass is 15.3. The molecule has 0 aliphatic heterocycles. The van der Waals surface area contributed by atoms with Gasteiger partial charge in [-0.3, -0.25) is 4.40 Å². The molecule has 6 heteroatoms. The fourth-order valence-electron chi connectivity index (χ4n) is 2.27. The van der Waals surface area contributed by atoms with Crippen LogP contribution in [0.15, 0.2) is 36.7 Å². The highest BCUT2D eigenvalue weighted by Crippen LogP contribution is 2.21. The lowest BCUT2D eigenvalue weighted by Gasteiger charge is -2.15. The fourth-order valence-corrected chi connectivity index (χ4v) is 2.27. The molecule has 2 aromatic heterocycles. The second-order valence-electron chi connectivity index (χ2n) is 5.03. The number of fused-ring (bicyclic) bond motifs is 1. The maximum Gasteiger partial charge on any atom is 0.203 e. The van der Waals surface area contributed by atoms with Crippen LogP contribution in [0, 0.1) is 6.92 Å². The molecule has 0 saturated carbocycles. The standard InChI is InChI=1S/C15H18N6/c1-10(13-5-3-12(9-16)4-6-13)18-14-15-20-19-11(2)21(15)8-7-17-14/h3-8,10H,9,16H2,1-2H3,(H,17,18). The lowest BCUT2D eigenvalue weighted by Crippen LogP contribution is -2.09. The number of aromatic nitrogens is 4. The molecule has 0 bridgehead atoms. The summed E-state index contributed by atoms with van der Waals surface area (Å²) in [5.74, 6) is 1.57. The zero-order valence-electron chi connectivity index (χ0n) is 12.1. The van der Waals surface area contributed by atoms with E-state index in [1.807, 2.05) is 29.7 Å². The molecule has 0 saturated heterocycles. The van der Waals surface area contributed by atoms with Gasteiger partial charge in [-0.25, -0.2) is 4.98 Å². The van der Waals surface area contributed by atoms with Crippen molar-refractivity contribution in [3.63, 3.8) is 0 Å². The van der Waals surface area contributed by atoms with Gasteiger partial charge in [-0.2, -0.15) is 0 Å². The normalized spacial score (nSPS) is 12.5. The van der Waals surface area contributed by atoms with E-state index in [0.29, 0.717) is 6.54 Å². The van der Waals surface area contributed by atoms with Crippen LogP contribution in [0.3, 0.4) is 0 Å². The van der Waals surface area contributed by atoms with Crippen molar-refractivity contribution >= 4 is 11.5 Å². The highest BCUT2D eigenvalue weighted by Gasteiger charge is 2.11. The summed E-state index contributed by atoms with van der Waals surface area (Å²) in [5.41, 5.74) is 8.65. The molecule has 0 aliphatic carbocycles. The van der Waals surface area contributed by atoms with Gasteiger partial charge in [0.1, 0.15) is 5.82 Å². The van der Waals surface area contributed by atoms with Gasteiger partial charge in [0.25, 0.3) is 0 Å².